The molecule has 0 bridgehead atoms. The number of nitrogens with one attached hydrogen (secondary N) is 1. The van der Waals surface area contributed by atoms with Crippen molar-refractivity contribution in [2.45, 2.75) is 37.0 Å². The van der Waals surface area contributed by atoms with E-state index in [9.17, 15) is 44.3 Å². The predicted molar refractivity (Wildman–Crippen MR) is 103 cm³/mol. The van der Waals surface area contributed by atoms with Crippen LogP contribution in [0.1, 0.15) is 23.0 Å². The number of anilines is 1. The molecule has 0 spiro atoms. The van der Waals surface area contributed by atoms with Gasteiger partial charge in [0.25, 0.3) is 5.91 Å². The van der Waals surface area contributed by atoms with Crippen LogP contribution in [0.5, 0.6) is 5.88 Å². The predicted octanol–water partition coefficient (Wildman–Crippen LogP) is 3.94. The zero-order chi connectivity index (χ0) is 27.1. The molecule has 0 unspecified atom stereocenters. The molecule has 3 rings (SSSR count). The maximum Gasteiger partial charge on any atom is 0.500 e. The maximum absolute atomic E-state index is 14.6. The first-order valence-electron chi connectivity index (χ1n) is 9.53. The van der Waals surface area contributed by atoms with Crippen LogP contribution >= 0.6 is 0 Å². The van der Waals surface area contributed by atoms with Crippen molar-refractivity contribution >= 4 is 17.4 Å². The molecule has 1 aliphatic heterocycles. The molecule has 2 atom stereocenters. The number of ether oxygens (including phenoxy) is 2. The van der Waals surface area contributed by atoms with Gasteiger partial charge in [0.05, 0.1) is 12.4 Å². The number of amidine groups is 1. The summed E-state index contributed by atoms with van der Waals surface area (Å²) < 4.78 is 126. The normalized spacial score (nSPS) is 21.1. The molecule has 1 aromatic carbocycles. The summed E-state index contributed by atoms with van der Waals surface area (Å²) >= 11 is 0. The van der Waals surface area contributed by atoms with E-state index >= 15 is 0 Å². The van der Waals surface area contributed by atoms with Crippen molar-refractivity contribution in [2.24, 2.45) is 10.7 Å². The lowest BCUT2D eigenvalue weighted by Gasteiger charge is -2.39. The van der Waals surface area contributed by atoms with E-state index in [1.165, 1.54) is 0 Å². The Morgan fingerprint density at radius 1 is 1.14 bits per heavy atom. The van der Waals surface area contributed by atoms with Gasteiger partial charge in [-0.15, -0.1) is 0 Å². The number of hydrogen-bond acceptors (Lipinski definition) is 7. The van der Waals surface area contributed by atoms with E-state index in [0.29, 0.717) is 12.4 Å². The minimum Gasteiger partial charge on any atom is -0.406 e. The molecular formula is C19H14F9N5O3. The molecule has 17 heteroatoms. The third kappa shape index (κ3) is 5.44. The molecule has 0 radical (unpaired) electrons. The number of carbonyl (C=O) groups excluding carboxylic acids is 1. The Morgan fingerprint density at radius 2 is 1.81 bits per heavy atom. The molecule has 2 heterocycles. The second-order valence-electron chi connectivity index (χ2n) is 7.49. The number of rotatable bonds is 5. The van der Waals surface area contributed by atoms with Crippen molar-refractivity contribution in [3.8, 4) is 5.88 Å². The third-order valence-corrected chi connectivity index (χ3v) is 4.77. The number of alkyl halides is 8. The fourth-order valence-corrected chi connectivity index (χ4v) is 3.20. The third-order valence-electron chi connectivity index (χ3n) is 4.77. The molecule has 1 aliphatic rings. The van der Waals surface area contributed by atoms with Crippen molar-refractivity contribution in [3.05, 3.63) is 47.7 Å². The zero-order valence-electron chi connectivity index (χ0n) is 17.7. The average Bonchev–Trinajstić information content (AvgIpc) is 2.73. The minimum atomic E-state index is -6.04. The molecule has 196 valence electrons. The van der Waals surface area contributed by atoms with Crippen LogP contribution in [-0.4, -0.2) is 52.9 Å². The Balaban J connectivity index is 1.85. The lowest BCUT2D eigenvalue weighted by Crippen LogP contribution is -2.53. The Hall–Kier alpha value is -3.63. The SMILES string of the molecule is C[C@]1(c2cc(NC(=O)c3cnc(OC(F)(F)C(F)(F)F)cn3)ccc2F)N=C(N)CO[C@H]1C(F)(F)F. The van der Waals surface area contributed by atoms with Crippen LogP contribution in [0.2, 0.25) is 0 Å². The van der Waals surface area contributed by atoms with Gasteiger partial charge in [-0.2, -0.15) is 35.1 Å². The largest absolute Gasteiger partial charge is 0.500 e. The van der Waals surface area contributed by atoms with Gasteiger partial charge in [0.1, 0.15) is 29.5 Å². The van der Waals surface area contributed by atoms with E-state index in [4.69, 9.17) is 10.5 Å². The van der Waals surface area contributed by atoms with E-state index in [-0.39, 0.29) is 11.5 Å². The van der Waals surface area contributed by atoms with Gasteiger partial charge in [-0.05, 0) is 25.1 Å². The molecule has 0 saturated heterocycles. The second-order valence-corrected chi connectivity index (χ2v) is 7.49. The van der Waals surface area contributed by atoms with Crippen molar-refractivity contribution in [3.63, 3.8) is 0 Å². The van der Waals surface area contributed by atoms with E-state index in [1.807, 2.05) is 0 Å². The van der Waals surface area contributed by atoms with Crippen molar-refractivity contribution in [1.29, 1.82) is 0 Å². The topological polar surface area (TPSA) is 112 Å². The van der Waals surface area contributed by atoms with Crippen LogP contribution in [0.4, 0.5) is 45.2 Å². The highest BCUT2D eigenvalue weighted by Gasteiger charge is 2.61. The van der Waals surface area contributed by atoms with Gasteiger partial charge in [0.15, 0.2) is 6.10 Å². The summed E-state index contributed by atoms with van der Waals surface area (Å²) in [7, 11) is 0. The molecule has 36 heavy (non-hydrogen) atoms. The lowest BCUT2D eigenvalue weighted by atomic mass is 9.84. The van der Waals surface area contributed by atoms with Gasteiger partial charge in [-0.3, -0.25) is 9.79 Å². The summed E-state index contributed by atoms with van der Waals surface area (Å²) in [5.74, 6) is -3.83. The molecule has 0 saturated carbocycles. The summed E-state index contributed by atoms with van der Waals surface area (Å²) in [5.41, 5.74) is 1.65. The van der Waals surface area contributed by atoms with Gasteiger partial charge < -0.3 is 20.5 Å². The van der Waals surface area contributed by atoms with Crippen molar-refractivity contribution in [2.75, 3.05) is 11.9 Å². The zero-order valence-corrected chi connectivity index (χ0v) is 17.7. The highest BCUT2D eigenvalue weighted by atomic mass is 19.4. The summed E-state index contributed by atoms with van der Waals surface area (Å²) in [4.78, 5) is 22.6. The molecule has 0 aliphatic carbocycles. The van der Waals surface area contributed by atoms with Crippen LogP contribution in [0, 0.1) is 5.82 Å². The van der Waals surface area contributed by atoms with Crippen LogP contribution in [0.15, 0.2) is 35.6 Å². The van der Waals surface area contributed by atoms with Crippen molar-refractivity contribution < 1.29 is 53.8 Å². The fraction of sp³-hybridized carbons (Fsp3) is 0.368. The monoisotopic (exact) mass is 531 g/mol. The number of aliphatic imine (C=N–C) groups is 1. The average molecular weight is 531 g/mol. The first-order valence-corrected chi connectivity index (χ1v) is 9.53. The fourth-order valence-electron chi connectivity index (χ4n) is 3.20. The second kappa shape index (κ2) is 9.11. The highest BCUT2D eigenvalue weighted by molar-refractivity contribution is 6.02. The standard InChI is InChI=1S/C19H14F9N5O3/c1-16(15(17(21,22)23)35-7-12(29)33-16)9-4-8(2-3-10(9)20)32-14(34)11-5-31-13(6-30-11)36-19(27,28)18(24,25)26/h2-6,15H,7H2,1H3,(H2,29,33)(H,32,34)/t15-,16-/m1/s1. The maximum atomic E-state index is 14.6. The van der Waals surface area contributed by atoms with E-state index < -0.39 is 65.6 Å². The van der Waals surface area contributed by atoms with E-state index in [0.717, 1.165) is 25.1 Å². The molecule has 3 N–H and O–H groups in total. The van der Waals surface area contributed by atoms with Crippen LogP contribution in [-0.2, 0) is 10.3 Å². The van der Waals surface area contributed by atoms with E-state index in [1.54, 1.807) is 0 Å². The molecule has 8 nitrogen and oxygen atoms in total. The Kier molecular flexibility index (Phi) is 6.82. The molecule has 1 amide bonds. The van der Waals surface area contributed by atoms with Crippen LogP contribution < -0.4 is 15.8 Å². The van der Waals surface area contributed by atoms with Crippen molar-refractivity contribution in [1.82, 2.24) is 9.97 Å². The minimum absolute atomic E-state index is 0.247. The van der Waals surface area contributed by atoms with E-state index in [2.05, 4.69) is 25.0 Å². The Bertz CT molecular complexity index is 1170. The quantitative estimate of drug-likeness (QED) is 0.566. The first-order chi connectivity index (χ1) is 16.4. The molecule has 0 fully saturated rings. The number of halogens is 9. The van der Waals surface area contributed by atoms with Crippen LogP contribution in [0.3, 0.4) is 0 Å². The molecular weight excluding hydrogens is 517 g/mol. The number of nitrogens with zero attached hydrogens (tertiary/aromatic N) is 3. The number of hydrogen-bond donors (Lipinski definition) is 2. The van der Waals surface area contributed by atoms with Gasteiger partial charge >= 0.3 is 18.5 Å². The smallest absolute Gasteiger partial charge is 0.406 e. The number of nitrogens with two attached hydrogens (primary N) is 1. The molecule has 1 aromatic heterocycles. The summed E-state index contributed by atoms with van der Waals surface area (Å²) in [6, 6.07) is 2.56. The molecule has 2 aromatic rings. The summed E-state index contributed by atoms with van der Waals surface area (Å²) in [6.07, 6.45) is -18.3. The number of carbonyl (C=O) groups is 1. The van der Waals surface area contributed by atoms with Gasteiger partial charge in [0, 0.05) is 11.3 Å². The van der Waals surface area contributed by atoms with Gasteiger partial charge in [-0.25, -0.2) is 14.4 Å². The Labute approximate surface area is 195 Å². The van der Waals surface area contributed by atoms with Gasteiger partial charge in [-0.1, -0.05) is 0 Å². The summed E-state index contributed by atoms with van der Waals surface area (Å²) in [6.45, 7) is 0.285. The number of amides is 1. The lowest BCUT2D eigenvalue weighted by molar-refractivity contribution is -0.361. The summed E-state index contributed by atoms with van der Waals surface area (Å²) in [5, 5.41) is 2.16. The van der Waals surface area contributed by atoms with Crippen LogP contribution in [0.25, 0.3) is 0 Å². The van der Waals surface area contributed by atoms with Gasteiger partial charge in [0.2, 0.25) is 5.88 Å². The number of aromatic nitrogens is 2. The Morgan fingerprint density at radius 3 is 2.36 bits per heavy atom. The highest BCUT2D eigenvalue weighted by Crippen LogP contribution is 2.43. The first kappa shape index (κ1) is 27.0. The number of benzene rings is 1.